The molecule has 2 heteroatoms. The summed E-state index contributed by atoms with van der Waals surface area (Å²) in [5.74, 6) is 0. The van der Waals surface area contributed by atoms with Crippen LogP contribution in [-0.2, 0) is 6.42 Å². The third kappa shape index (κ3) is 4.84. The molecule has 1 nitrogen and oxygen atoms in total. The minimum Gasteiger partial charge on any atom is -0.310 e. The Morgan fingerprint density at radius 1 is 0.477 bits per heavy atom. The molecule has 8 rings (SSSR count). The third-order valence-electron chi connectivity index (χ3n) is 8.57. The first-order valence-electron chi connectivity index (χ1n) is 15.2. The number of hydrogen-bond acceptors (Lipinski definition) is 2. The van der Waals surface area contributed by atoms with Crippen molar-refractivity contribution in [2.45, 2.75) is 12.8 Å². The van der Waals surface area contributed by atoms with Gasteiger partial charge in [-0.2, -0.15) is 0 Å². The molecule has 0 aliphatic heterocycles. The number of rotatable bonds is 6. The van der Waals surface area contributed by atoms with Crippen LogP contribution in [0.5, 0.6) is 0 Å². The summed E-state index contributed by atoms with van der Waals surface area (Å²) in [5, 5.41) is 1.39. The molecule has 0 fully saturated rings. The van der Waals surface area contributed by atoms with Gasteiger partial charge in [-0.3, -0.25) is 0 Å². The number of thiophene rings is 1. The van der Waals surface area contributed by atoms with E-state index in [9.17, 15) is 0 Å². The zero-order valence-electron chi connectivity index (χ0n) is 24.4. The Labute approximate surface area is 263 Å². The van der Waals surface area contributed by atoms with Gasteiger partial charge < -0.3 is 4.90 Å². The second-order valence-corrected chi connectivity index (χ2v) is 12.3. The average molecular weight is 582 g/mol. The van der Waals surface area contributed by atoms with Crippen molar-refractivity contribution in [3.63, 3.8) is 0 Å². The van der Waals surface area contributed by atoms with Crippen LogP contribution in [-0.4, -0.2) is 0 Å². The number of nitrogens with zero attached hydrogens (tertiary/aromatic N) is 1. The number of hydrogen-bond donors (Lipinski definition) is 0. The normalized spacial score (nSPS) is 12.3. The lowest BCUT2D eigenvalue weighted by Gasteiger charge is -2.28. The summed E-state index contributed by atoms with van der Waals surface area (Å²) in [4.78, 5) is 3.81. The van der Waals surface area contributed by atoms with Gasteiger partial charge in [0.15, 0.2) is 0 Å². The fraction of sp³-hybridized carbons (Fsp3) is 0.0476. The van der Waals surface area contributed by atoms with Crippen molar-refractivity contribution in [1.82, 2.24) is 0 Å². The highest BCUT2D eigenvalue weighted by atomic mass is 32.1. The smallest absolute Gasteiger partial charge is 0.0554 e. The van der Waals surface area contributed by atoms with Crippen LogP contribution in [0, 0.1) is 0 Å². The molecule has 0 saturated heterocycles. The molecule has 1 aromatic heterocycles. The van der Waals surface area contributed by atoms with E-state index in [-0.39, 0.29) is 0 Å². The highest BCUT2D eigenvalue weighted by molar-refractivity contribution is 7.20. The van der Waals surface area contributed by atoms with Crippen LogP contribution < -0.4 is 4.90 Å². The Morgan fingerprint density at radius 3 is 1.64 bits per heavy atom. The van der Waals surface area contributed by atoms with Crippen LogP contribution in [0.25, 0.3) is 49.5 Å². The van der Waals surface area contributed by atoms with E-state index in [0.717, 1.165) is 24.2 Å². The minimum absolute atomic E-state index is 1.11. The van der Waals surface area contributed by atoms with Crippen LogP contribution in [0.4, 0.5) is 17.1 Å². The first-order chi connectivity index (χ1) is 21.8. The van der Waals surface area contributed by atoms with Crippen molar-refractivity contribution in [2.24, 2.45) is 0 Å². The fourth-order valence-corrected chi connectivity index (χ4v) is 7.74. The van der Waals surface area contributed by atoms with Gasteiger partial charge in [0, 0.05) is 26.5 Å². The molecule has 0 saturated carbocycles. The van der Waals surface area contributed by atoms with E-state index in [0.29, 0.717) is 0 Å². The van der Waals surface area contributed by atoms with E-state index >= 15 is 0 Å². The van der Waals surface area contributed by atoms with E-state index in [1.165, 1.54) is 59.6 Å². The average Bonchev–Trinajstić information content (AvgIpc) is 3.49. The third-order valence-corrected chi connectivity index (χ3v) is 9.80. The number of anilines is 3. The number of fused-ring (bicyclic) bond motifs is 3. The molecule has 0 unspecified atom stereocenters. The molecule has 0 bridgehead atoms. The summed E-state index contributed by atoms with van der Waals surface area (Å²) < 4.78 is 1.36. The Kier molecular flexibility index (Phi) is 6.90. The molecule has 1 heterocycles. The largest absolute Gasteiger partial charge is 0.310 e. The van der Waals surface area contributed by atoms with Crippen LogP contribution in [0.15, 0.2) is 158 Å². The molecule has 210 valence electrons. The zero-order chi connectivity index (χ0) is 29.3. The number of aryl methyl sites for hydroxylation is 1. The summed E-state index contributed by atoms with van der Waals surface area (Å²) >= 11 is 1.93. The summed E-state index contributed by atoms with van der Waals surface area (Å²) in [7, 11) is 0. The number of benzene rings is 6. The second kappa shape index (κ2) is 11.5. The number of allylic oxidation sites excluding steroid dienone is 1. The van der Waals surface area contributed by atoms with Gasteiger partial charge in [-0.15, -0.1) is 11.3 Å². The SMILES string of the molecule is C1=Cc2sc3c(-c4ccccc4)c(N(c4ccccc4)c4ccc(-c5ccc(-c6ccccc6)cc5)cc4)ccc3c2CC1. The summed E-state index contributed by atoms with van der Waals surface area (Å²) in [6.07, 6.45) is 6.85. The van der Waals surface area contributed by atoms with Gasteiger partial charge >= 0.3 is 0 Å². The van der Waals surface area contributed by atoms with E-state index < -0.39 is 0 Å². The first kappa shape index (κ1) is 26.4. The lowest BCUT2D eigenvalue weighted by molar-refractivity contribution is 1.01. The molecule has 6 aromatic carbocycles. The maximum Gasteiger partial charge on any atom is 0.0554 e. The van der Waals surface area contributed by atoms with Gasteiger partial charge in [0.1, 0.15) is 0 Å². The van der Waals surface area contributed by atoms with Gasteiger partial charge in [0.25, 0.3) is 0 Å². The molecule has 0 amide bonds. The van der Waals surface area contributed by atoms with Crippen LogP contribution in [0.3, 0.4) is 0 Å². The highest BCUT2D eigenvalue weighted by Gasteiger charge is 2.23. The standard InChI is InChI=1S/C42H31NS/c1-4-12-30(13-5-1)31-20-22-32(23-21-31)33-24-26-36(27-25-33)43(35-16-8-3-9-17-35)39-29-28-38-37-18-10-11-19-40(37)44-42(38)41(39)34-14-6-2-7-15-34/h1-9,11-17,19-29H,10,18H2. The summed E-state index contributed by atoms with van der Waals surface area (Å²) in [5.41, 5.74) is 12.4. The van der Waals surface area contributed by atoms with E-state index in [1.807, 2.05) is 11.3 Å². The zero-order valence-corrected chi connectivity index (χ0v) is 25.2. The van der Waals surface area contributed by atoms with Gasteiger partial charge in [-0.1, -0.05) is 127 Å². The molecule has 0 atom stereocenters. The molecule has 0 spiro atoms. The molecule has 0 N–H and O–H groups in total. The Bertz CT molecular complexity index is 2070. The van der Waals surface area contributed by atoms with Crippen molar-refractivity contribution < 1.29 is 0 Å². The van der Waals surface area contributed by atoms with Gasteiger partial charge in [0.2, 0.25) is 0 Å². The fourth-order valence-electron chi connectivity index (χ4n) is 6.39. The Balaban J connectivity index is 1.25. The van der Waals surface area contributed by atoms with Crippen molar-refractivity contribution in [2.75, 3.05) is 4.90 Å². The predicted octanol–water partition coefficient (Wildman–Crippen LogP) is 12.3. The van der Waals surface area contributed by atoms with Crippen LogP contribution in [0.1, 0.15) is 16.9 Å². The minimum atomic E-state index is 1.11. The second-order valence-electron chi connectivity index (χ2n) is 11.2. The maximum atomic E-state index is 2.42. The molecule has 7 aromatic rings. The molecule has 1 aliphatic carbocycles. The first-order valence-corrected chi connectivity index (χ1v) is 16.1. The van der Waals surface area contributed by atoms with Crippen molar-refractivity contribution >= 4 is 44.6 Å². The Morgan fingerprint density at radius 2 is 1.00 bits per heavy atom. The monoisotopic (exact) mass is 581 g/mol. The lowest BCUT2D eigenvalue weighted by Crippen LogP contribution is -2.11. The topological polar surface area (TPSA) is 3.24 Å². The molecular formula is C42H31NS. The van der Waals surface area contributed by atoms with Crippen LogP contribution >= 0.6 is 11.3 Å². The lowest BCUT2D eigenvalue weighted by atomic mass is 9.95. The quantitative estimate of drug-likeness (QED) is 0.189. The van der Waals surface area contributed by atoms with Gasteiger partial charge in [-0.25, -0.2) is 0 Å². The van der Waals surface area contributed by atoms with Crippen molar-refractivity contribution in [3.05, 3.63) is 168 Å². The van der Waals surface area contributed by atoms with Gasteiger partial charge in [-0.05, 0) is 88.0 Å². The number of para-hydroxylation sites is 1. The van der Waals surface area contributed by atoms with Crippen molar-refractivity contribution in [3.8, 4) is 33.4 Å². The summed E-state index contributed by atoms with van der Waals surface area (Å²) in [6.45, 7) is 0. The maximum absolute atomic E-state index is 2.42. The van der Waals surface area contributed by atoms with Gasteiger partial charge in [0.05, 0.1) is 5.69 Å². The van der Waals surface area contributed by atoms with Crippen molar-refractivity contribution in [1.29, 1.82) is 0 Å². The Hall–Kier alpha value is -5.18. The van der Waals surface area contributed by atoms with E-state index in [2.05, 4.69) is 169 Å². The molecule has 1 aliphatic rings. The summed E-state index contributed by atoms with van der Waals surface area (Å²) in [6, 6.07) is 54.8. The molecule has 44 heavy (non-hydrogen) atoms. The highest BCUT2D eigenvalue weighted by Crippen LogP contribution is 2.48. The van der Waals surface area contributed by atoms with E-state index in [1.54, 1.807) is 0 Å². The predicted molar refractivity (Wildman–Crippen MR) is 190 cm³/mol. The molecular weight excluding hydrogens is 551 g/mol. The molecule has 0 radical (unpaired) electrons. The van der Waals surface area contributed by atoms with E-state index in [4.69, 9.17) is 0 Å². The van der Waals surface area contributed by atoms with Crippen LogP contribution in [0.2, 0.25) is 0 Å².